The number of hydrogen-bond donors (Lipinski definition) is 0. The average Bonchev–Trinajstić information content (AvgIpc) is 2.56. The Labute approximate surface area is 131 Å². The Morgan fingerprint density at radius 1 is 1.14 bits per heavy atom. The summed E-state index contributed by atoms with van der Waals surface area (Å²) in [7, 11) is 0. The first-order valence-corrected chi connectivity index (χ1v) is 7.60. The van der Waals surface area contributed by atoms with E-state index in [1.165, 1.54) is 11.6 Å². The van der Waals surface area contributed by atoms with Gasteiger partial charge in [0.2, 0.25) is 0 Å². The summed E-state index contributed by atoms with van der Waals surface area (Å²) in [6.45, 7) is 2.64. The van der Waals surface area contributed by atoms with Gasteiger partial charge in [-0.3, -0.25) is 0 Å². The van der Waals surface area contributed by atoms with Crippen LogP contribution >= 0.6 is 0 Å². The van der Waals surface area contributed by atoms with Gasteiger partial charge in [-0.05, 0) is 43.0 Å². The number of ether oxygens (including phenoxy) is 1. The minimum absolute atomic E-state index is 0.315. The molecule has 0 heterocycles. The van der Waals surface area contributed by atoms with E-state index in [9.17, 15) is 9.65 Å². The van der Waals surface area contributed by atoms with Gasteiger partial charge < -0.3 is 4.74 Å². The van der Waals surface area contributed by atoms with Crippen molar-refractivity contribution in [3.05, 3.63) is 65.5 Å². The topological polar surface area (TPSA) is 33.0 Å². The molecule has 1 unspecified atom stereocenters. The second-order valence-electron chi connectivity index (χ2n) is 5.19. The fourth-order valence-corrected chi connectivity index (χ4v) is 2.35. The molecule has 2 nitrogen and oxygen atoms in total. The highest BCUT2D eigenvalue weighted by Crippen LogP contribution is 2.23. The number of benzene rings is 2. The number of rotatable bonds is 7. The molecule has 114 valence electrons. The van der Waals surface area contributed by atoms with E-state index < -0.39 is 5.92 Å². The van der Waals surface area contributed by atoms with Crippen molar-refractivity contribution in [3.63, 3.8) is 0 Å². The van der Waals surface area contributed by atoms with Crippen LogP contribution in [0.1, 0.15) is 36.8 Å². The zero-order chi connectivity index (χ0) is 15.8. The second-order valence-corrected chi connectivity index (χ2v) is 5.19. The first-order chi connectivity index (χ1) is 10.7. The average molecular weight is 297 g/mol. The van der Waals surface area contributed by atoms with Crippen LogP contribution in [0, 0.1) is 17.1 Å². The molecule has 0 fully saturated rings. The molecular weight excluding hydrogens is 277 g/mol. The van der Waals surface area contributed by atoms with Crippen LogP contribution in [0.15, 0.2) is 48.5 Å². The molecule has 2 aromatic rings. The van der Waals surface area contributed by atoms with Crippen LogP contribution in [0.4, 0.5) is 4.39 Å². The Kier molecular flexibility index (Phi) is 5.97. The summed E-state index contributed by atoms with van der Waals surface area (Å²) in [6, 6.07) is 16.6. The van der Waals surface area contributed by atoms with Gasteiger partial charge in [-0.15, -0.1) is 0 Å². The lowest BCUT2D eigenvalue weighted by atomic mass is 9.95. The Hall–Kier alpha value is -2.34. The van der Waals surface area contributed by atoms with Gasteiger partial charge in [0.05, 0.1) is 18.6 Å². The van der Waals surface area contributed by atoms with E-state index in [4.69, 9.17) is 4.74 Å². The van der Waals surface area contributed by atoms with Crippen molar-refractivity contribution in [1.29, 1.82) is 5.26 Å². The van der Waals surface area contributed by atoms with Crippen LogP contribution in [0.3, 0.4) is 0 Å². The van der Waals surface area contributed by atoms with Crippen LogP contribution in [-0.2, 0) is 6.42 Å². The maximum Gasteiger partial charge on any atom is 0.127 e. The number of hydrogen-bond acceptors (Lipinski definition) is 2. The predicted octanol–water partition coefficient (Wildman–Crippen LogP) is 4.85. The highest BCUT2D eigenvalue weighted by molar-refractivity contribution is 5.27. The van der Waals surface area contributed by atoms with Crippen molar-refractivity contribution in [2.45, 2.75) is 32.1 Å². The van der Waals surface area contributed by atoms with Gasteiger partial charge >= 0.3 is 0 Å². The lowest BCUT2D eigenvalue weighted by molar-refractivity contribution is 0.304. The van der Waals surface area contributed by atoms with E-state index >= 15 is 0 Å². The third-order valence-electron chi connectivity index (χ3n) is 3.67. The summed E-state index contributed by atoms with van der Waals surface area (Å²) in [5.74, 6) is 0.0917. The standard InChI is InChI=1S/C19H20FNO/c1-2-15-9-11-17(12-10-15)22-13-5-6-16(14-21)18-7-3-4-8-19(18)20/h3-4,7-12,16H,2,5-6,13H2,1H3. The van der Waals surface area contributed by atoms with Crippen LogP contribution in [-0.4, -0.2) is 6.61 Å². The molecule has 0 radical (unpaired) electrons. The smallest absolute Gasteiger partial charge is 0.127 e. The zero-order valence-corrected chi connectivity index (χ0v) is 12.8. The van der Waals surface area contributed by atoms with Gasteiger partial charge in [-0.2, -0.15) is 5.26 Å². The van der Waals surface area contributed by atoms with Crippen molar-refractivity contribution in [1.82, 2.24) is 0 Å². The summed E-state index contributed by atoms with van der Waals surface area (Å²) in [6.07, 6.45) is 2.30. The van der Waals surface area contributed by atoms with Gasteiger partial charge in [-0.1, -0.05) is 37.3 Å². The molecule has 0 amide bonds. The summed E-state index contributed by atoms with van der Waals surface area (Å²) in [5, 5.41) is 9.22. The van der Waals surface area contributed by atoms with Crippen LogP contribution < -0.4 is 4.74 Å². The molecule has 0 aliphatic carbocycles. The van der Waals surface area contributed by atoms with Gasteiger partial charge in [-0.25, -0.2) is 4.39 Å². The Morgan fingerprint density at radius 2 is 1.86 bits per heavy atom. The first kappa shape index (κ1) is 16.0. The highest BCUT2D eigenvalue weighted by atomic mass is 19.1. The van der Waals surface area contributed by atoms with E-state index in [1.807, 2.05) is 24.3 Å². The van der Waals surface area contributed by atoms with E-state index in [2.05, 4.69) is 13.0 Å². The SMILES string of the molecule is CCc1ccc(OCCCC(C#N)c2ccccc2F)cc1. The monoisotopic (exact) mass is 297 g/mol. The van der Waals surface area contributed by atoms with Crippen molar-refractivity contribution in [2.24, 2.45) is 0 Å². The molecule has 0 spiro atoms. The number of aryl methyl sites for hydroxylation is 1. The molecule has 0 aliphatic rings. The molecule has 3 heteroatoms. The minimum atomic E-state index is -0.424. The molecule has 0 aliphatic heterocycles. The summed E-state index contributed by atoms with van der Waals surface area (Å²) in [4.78, 5) is 0. The first-order valence-electron chi connectivity index (χ1n) is 7.60. The third-order valence-corrected chi connectivity index (χ3v) is 3.67. The molecule has 0 saturated carbocycles. The molecule has 0 N–H and O–H groups in total. The van der Waals surface area contributed by atoms with E-state index in [-0.39, 0.29) is 5.82 Å². The lowest BCUT2D eigenvalue weighted by Crippen LogP contribution is -2.03. The normalized spacial score (nSPS) is 11.7. The highest BCUT2D eigenvalue weighted by Gasteiger charge is 2.14. The number of nitrogens with zero attached hydrogens (tertiary/aromatic N) is 1. The molecule has 1 atom stereocenters. The summed E-state index contributed by atoms with van der Waals surface area (Å²) in [5.41, 5.74) is 1.74. The molecule has 2 rings (SSSR count). The second kappa shape index (κ2) is 8.19. The van der Waals surface area contributed by atoms with E-state index in [0.717, 1.165) is 12.2 Å². The fourth-order valence-electron chi connectivity index (χ4n) is 2.35. The Balaban J connectivity index is 1.82. The van der Waals surface area contributed by atoms with Gasteiger partial charge in [0, 0.05) is 5.56 Å². The summed E-state index contributed by atoms with van der Waals surface area (Å²) >= 11 is 0. The lowest BCUT2D eigenvalue weighted by Gasteiger charge is -2.11. The van der Waals surface area contributed by atoms with Crippen molar-refractivity contribution < 1.29 is 9.13 Å². The predicted molar refractivity (Wildman–Crippen MR) is 85.3 cm³/mol. The molecule has 0 aromatic heterocycles. The zero-order valence-electron chi connectivity index (χ0n) is 12.8. The van der Waals surface area contributed by atoms with Crippen LogP contribution in [0.25, 0.3) is 0 Å². The molecule has 22 heavy (non-hydrogen) atoms. The number of nitriles is 1. The van der Waals surface area contributed by atoms with Crippen LogP contribution in [0.5, 0.6) is 5.75 Å². The maximum atomic E-state index is 13.7. The van der Waals surface area contributed by atoms with Crippen molar-refractivity contribution in [3.8, 4) is 11.8 Å². The van der Waals surface area contributed by atoms with Crippen LogP contribution in [0.2, 0.25) is 0 Å². The minimum Gasteiger partial charge on any atom is -0.494 e. The largest absolute Gasteiger partial charge is 0.494 e. The third kappa shape index (κ3) is 4.33. The summed E-state index contributed by atoms with van der Waals surface area (Å²) < 4.78 is 19.4. The molecular formula is C19H20FNO. The molecule has 2 aromatic carbocycles. The van der Waals surface area contributed by atoms with Gasteiger partial charge in [0.1, 0.15) is 11.6 Å². The number of halogens is 1. The van der Waals surface area contributed by atoms with Crippen molar-refractivity contribution in [2.75, 3.05) is 6.61 Å². The van der Waals surface area contributed by atoms with E-state index in [1.54, 1.807) is 18.2 Å². The fraction of sp³-hybridized carbons (Fsp3) is 0.316. The Bertz CT molecular complexity index is 631. The molecule has 0 bridgehead atoms. The molecule has 0 saturated heterocycles. The maximum absolute atomic E-state index is 13.7. The Morgan fingerprint density at radius 3 is 2.50 bits per heavy atom. The van der Waals surface area contributed by atoms with Gasteiger partial charge in [0.25, 0.3) is 0 Å². The van der Waals surface area contributed by atoms with Gasteiger partial charge in [0.15, 0.2) is 0 Å². The quantitative estimate of drug-likeness (QED) is 0.684. The van der Waals surface area contributed by atoms with Crippen molar-refractivity contribution >= 4 is 0 Å². The van der Waals surface area contributed by atoms with E-state index in [0.29, 0.717) is 25.0 Å².